The van der Waals surface area contributed by atoms with Crippen LogP contribution in [0, 0.1) is 5.92 Å². The van der Waals surface area contributed by atoms with Gasteiger partial charge in [0.2, 0.25) is 5.91 Å². The molecule has 2 aliphatic rings. The van der Waals surface area contributed by atoms with Crippen molar-refractivity contribution >= 4 is 5.91 Å². The molecule has 20 heavy (non-hydrogen) atoms. The van der Waals surface area contributed by atoms with E-state index in [9.17, 15) is 4.79 Å². The Hall–Kier alpha value is -1.35. The van der Waals surface area contributed by atoms with Gasteiger partial charge in [0.25, 0.3) is 0 Å². The molecule has 2 N–H and O–H groups in total. The van der Waals surface area contributed by atoms with Crippen molar-refractivity contribution in [3.05, 3.63) is 35.4 Å². The molecule has 108 valence electrons. The molecule has 1 heterocycles. The third-order valence-corrected chi connectivity index (χ3v) is 4.87. The van der Waals surface area contributed by atoms with Gasteiger partial charge in [0.15, 0.2) is 0 Å². The molecule has 2 atom stereocenters. The van der Waals surface area contributed by atoms with Crippen LogP contribution in [0.1, 0.15) is 43.7 Å². The molecule has 0 spiro atoms. The van der Waals surface area contributed by atoms with Crippen molar-refractivity contribution in [1.29, 1.82) is 0 Å². The van der Waals surface area contributed by atoms with Gasteiger partial charge in [-0.25, -0.2) is 0 Å². The molecule has 1 aromatic carbocycles. The van der Waals surface area contributed by atoms with Gasteiger partial charge in [0, 0.05) is 12.6 Å². The summed E-state index contributed by atoms with van der Waals surface area (Å²) in [5, 5.41) is 6.58. The Kier molecular flexibility index (Phi) is 4.06. The molecule has 0 aromatic heterocycles. The number of rotatable bonds is 3. The van der Waals surface area contributed by atoms with Gasteiger partial charge in [-0.3, -0.25) is 4.79 Å². The second kappa shape index (κ2) is 5.96. The highest BCUT2D eigenvalue weighted by molar-refractivity contribution is 5.82. The Balaban J connectivity index is 1.58. The molecule has 0 bridgehead atoms. The Labute approximate surface area is 121 Å². The van der Waals surface area contributed by atoms with E-state index < -0.39 is 0 Å². The number of nitrogens with one attached hydrogen (secondary N) is 2. The minimum atomic E-state index is -0.0752. The average molecular weight is 272 g/mol. The molecule has 0 radical (unpaired) electrons. The summed E-state index contributed by atoms with van der Waals surface area (Å²) in [5.74, 6) is 0.841. The maximum absolute atomic E-state index is 12.4. The number of carbonyl (C=O) groups excluding carboxylic acids is 1. The van der Waals surface area contributed by atoms with Crippen LogP contribution in [0.15, 0.2) is 24.3 Å². The molecule has 1 aliphatic heterocycles. The van der Waals surface area contributed by atoms with Crippen molar-refractivity contribution in [2.45, 2.75) is 57.7 Å². The van der Waals surface area contributed by atoms with Crippen LogP contribution in [0.3, 0.4) is 0 Å². The van der Waals surface area contributed by atoms with Gasteiger partial charge in [0.1, 0.15) is 0 Å². The zero-order valence-corrected chi connectivity index (χ0v) is 12.2. The van der Waals surface area contributed by atoms with E-state index in [4.69, 9.17) is 0 Å². The lowest BCUT2D eigenvalue weighted by atomic mass is 9.94. The van der Waals surface area contributed by atoms with E-state index in [1.54, 1.807) is 0 Å². The number of fused-ring (bicyclic) bond motifs is 1. The number of carbonyl (C=O) groups is 1. The largest absolute Gasteiger partial charge is 0.352 e. The number of benzene rings is 1. The Morgan fingerprint density at radius 3 is 2.70 bits per heavy atom. The first kappa shape index (κ1) is 13.6. The van der Waals surface area contributed by atoms with Crippen molar-refractivity contribution in [3.63, 3.8) is 0 Å². The average Bonchev–Trinajstić information content (AvgIpc) is 3.01. The van der Waals surface area contributed by atoms with E-state index in [1.165, 1.54) is 36.8 Å². The zero-order chi connectivity index (χ0) is 13.9. The van der Waals surface area contributed by atoms with Crippen molar-refractivity contribution in [2.24, 2.45) is 5.92 Å². The fourth-order valence-electron chi connectivity index (χ4n) is 3.54. The first-order chi connectivity index (χ1) is 9.74. The zero-order valence-electron chi connectivity index (χ0n) is 12.2. The summed E-state index contributed by atoms with van der Waals surface area (Å²) in [6, 6.07) is 8.62. The first-order valence-electron chi connectivity index (χ1n) is 7.84. The maximum atomic E-state index is 12.4. The highest BCUT2D eigenvalue weighted by Crippen LogP contribution is 2.27. The van der Waals surface area contributed by atoms with Crippen LogP contribution in [0.4, 0.5) is 0 Å². The van der Waals surface area contributed by atoms with Crippen molar-refractivity contribution in [3.8, 4) is 0 Å². The fraction of sp³-hybridized carbons (Fsp3) is 0.588. The van der Waals surface area contributed by atoms with Gasteiger partial charge in [-0.1, -0.05) is 37.1 Å². The van der Waals surface area contributed by atoms with Crippen LogP contribution in [-0.2, 0) is 17.8 Å². The smallest absolute Gasteiger partial charge is 0.237 e. The van der Waals surface area contributed by atoms with Gasteiger partial charge in [-0.05, 0) is 43.2 Å². The quantitative estimate of drug-likeness (QED) is 0.887. The lowest BCUT2D eigenvalue weighted by Crippen LogP contribution is -2.51. The summed E-state index contributed by atoms with van der Waals surface area (Å²) in [7, 11) is 0. The van der Waals surface area contributed by atoms with Crippen molar-refractivity contribution < 1.29 is 4.79 Å². The van der Waals surface area contributed by atoms with Crippen LogP contribution in [0.2, 0.25) is 0 Å². The SMILES string of the molecule is CC(NC(=O)[C@@H]1Cc2ccccc2CN1)C1CCCC1. The lowest BCUT2D eigenvalue weighted by Gasteiger charge is -2.28. The molecular weight excluding hydrogens is 248 g/mol. The standard InChI is InChI=1S/C17H24N2O/c1-12(13-6-2-3-7-13)19-17(20)16-10-14-8-4-5-9-15(14)11-18-16/h4-5,8-9,12-13,16,18H,2-3,6-7,10-11H2,1H3,(H,19,20)/t12?,16-/m0/s1. The maximum Gasteiger partial charge on any atom is 0.237 e. The van der Waals surface area contributed by atoms with E-state index in [-0.39, 0.29) is 11.9 Å². The molecule has 3 rings (SSSR count). The summed E-state index contributed by atoms with van der Waals surface area (Å²) < 4.78 is 0. The van der Waals surface area contributed by atoms with Gasteiger partial charge in [-0.15, -0.1) is 0 Å². The minimum absolute atomic E-state index is 0.0752. The van der Waals surface area contributed by atoms with Crippen molar-refractivity contribution in [2.75, 3.05) is 0 Å². The third kappa shape index (κ3) is 2.88. The molecule has 3 heteroatoms. The van der Waals surface area contributed by atoms with Gasteiger partial charge < -0.3 is 10.6 Å². The van der Waals surface area contributed by atoms with E-state index in [2.05, 4.69) is 41.8 Å². The van der Waals surface area contributed by atoms with Gasteiger partial charge in [-0.2, -0.15) is 0 Å². The van der Waals surface area contributed by atoms with Crippen LogP contribution in [0.25, 0.3) is 0 Å². The van der Waals surface area contributed by atoms with Crippen LogP contribution >= 0.6 is 0 Å². The summed E-state index contributed by atoms with van der Waals surface area (Å²) in [6.45, 7) is 2.96. The molecule has 1 saturated carbocycles. The molecule has 1 fully saturated rings. The van der Waals surface area contributed by atoms with Crippen LogP contribution < -0.4 is 10.6 Å². The van der Waals surface area contributed by atoms with Crippen LogP contribution in [0.5, 0.6) is 0 Å². The first-order valence-corrected chi connectivity index (χ1v) is 7.84. The number of hydrogen-bond acceptors (Lipinski definition) is 2. The second-order valence-corrected chi connectivity index (χ2v) is 6.25. The molecule has 1 aliphatic carbocycles. The summed E-state index contributed by atoms with van der Waals surface area (Å²) >= 11 is 0. The second-order valence-electron chi connectivity index (χ2n) is 6.25. The predicted octanol–water partition coefficient (Wildman–Crippen LogP) is 2.40. The van der Waals surface area contributed by atoms with E-state index in [0.29, 0.717) is 12.0 Å². The fourth-order valence-corrected chi connectivity index (χ4v) is 3.54. The molecular formula is C17H24N2O. The Morgan fingerprint density at radius 1 is 1.25 bits per heavy atom. The van der Waals surface area contributed by atoms with E-state index in [1.807, 2.05) is 0 Å². The summed E-state index contributed by atoms with van der Waals surface area (Å²) in [4.78, 5) is 12.4. The molecule has 1 amide bonds. The lowest BCUT2D eigenvalue weighted by molar-refractivity contribution is -0.124. The molecule has 3 nitrogen and oxygen atoms in total. The van der Waals surface area contributed by atoms with E-state index in [0.717, 1.165) is 13.0 Å². The van der Waals surface area contributed by atoms with Crippen LogP contribution in [-0.4, -0.2) is 18.0 Å². The predicted molar refractivity (Wildman–Crippen MR) is 80.3 cm³/mol. The van der Waals surface area contributed by atoms with E-state index >= 15 is 0 Å². The highest BCUT2D eigenvalue weighted by Gasteiger charge is 2.28. The summed E-state index contributed by atoms with van der Waals surface area (Å²) in [5.41, 5.74) is 2.63. The number of hydrogen-bond donors (Lipinski definition) is 2. The highest BCUT2D eigenvalue weighted by atomic mass is 16.2. The molecule has 1 unspecified atom stereocenters. The van der Waals surface area contributed by atoms with Gasteiger partial charge >= 0.3 is 0 Å². The minimum Gasteiger partial charge on any atom is -0.352 e. The topological polar surface area (TPSA) is 41.1 Å². The van der Waals surface area contributed by atoms with Gasteiger partial charge in [0.05, 0.1) is 6.04 Å². The monoisotopic (exact) mass is 272 g/mol. The Bertz CT molecular complexity index is 480. The third-order valence-electron chi connectivity index (χ3n) is 4.87. The number of amides is 1. The Morgan fingerprint density at radius 2 is 1.95 bits per heavy atom. The molecule has 0 saturated heterocycles. The summed E-state index contributed by atoms with van der Waals surface area (Å²) in [6.07, 6.45) is 5.98. The van der Waals surface area contributed by atoms with Crippen molar-refractivity contribution in [1.82, 2.24) is 10.6 Å². The normalized spacial score (nSPS) is 24.1. The molecule has 1 aromatic rings.